The third kappa shape index (κ3) is 5.36. The number of hydrazone groups is 1. The summed E-state index contributed by atoms with van der Waals surface area (Å²) in [6.07, 6.45) is 2.00. The second-order valence-corrected chi connectivity index (χ2v) is 8.29. The number of nitrogens with zero attached hydrogens (tertiary/aromatic N) is 1. The van der Waals surface area contributed by atoms with Crippen molar-refractivity contribution in [1.82, 2.24) is 16.3 Å². The molecule has 3 amide bonds. The van der Waals surface area contributed by atoms with Crippen molar-refractivity contribution in [3.63, 3.8) is 0 Å². The number of aryl methyl sites for hydroxylation is 1. The van der Waals surface area contributed by atoms with Crippen LogP contribution in [0.15, 0.2) is 58.0 Å². The zero-order valence-corrected chi connectivity index (χ0v) is 19.9. The molecule has 1 heterocycles. The number of hydrogen-bond donors (Lipinski definition) is 3. The molecule has 3 N–H and O–H groups in total. The Balaban J connectivity index is 1.47. The molecular weight excluding hydrogens is 472 g/mol. The predicted molar refractivity (Wildman–Crippen MR) is 130 cm³/mol. The minimum Gasteiger partial charge on any atom is -0.497 e. The first kappa shape index (κ1) is 24.0. The summed E-state index contributed by atoms with van der Waals surface area (Å²) in [6, 6.07) is 13.0. The number of rotatable bonds is 5. The molecule has 0 saturated heterocycles. The number of methoxy groups -OCH3 is 1. The SMILES string of the molecule is COc1ccc(C(=O)N/N=C2\CCCc3oc(C(=O)NNC(=O)c4cccc(Cl)c4)c(C)c32)cc1. The van der Waals surface area contributed by atoms with E-state index in [4.69, 9.17) is 20.8 Å². The third-order valence-corrected chi connectivity index (χ3v) is 5.79. The molecule has 0 atom stereocenters. The number of carbonyl (C=O) groups is 3. The molecule has 1 aliphatic carbocycles. The summed E-state index contributed by atoms with van der Waals surface area (Å²) in [5.74, 6) is -0.161. The fraction of sp³-hybridized carbons (Fsp3) is 0.200. The summed E-state index contributed by atoms with van der Waals surface area (Å²) in [6.45, 7) is 1.74. The lowest BCUT2D eigenvalue weighted by Crippen LogP contribution is -2.41. The van der Waals surface area contributed by atoms with Crippen LogP contribution in [-0.2, 0) is 6.42 Å². The van der Waals surface area contributed by atoms with Gasteiger partial charge in [0.1, 0.15) is 11.5 Å². The number of hydrogen-bond acceptors (Lipinski definition) is 6. The Morgan fingerprint density at radius 2 is 1.71 bits per heavy atom. The molecule has 0 aliphatic heterocycles. The molecule has 1 aromatic heterocycles. The number of halogens is 1. The largest absolute Gasteiger partial charge is 0.497 e. The maximum atomic E-state index is 12.7. The van der Waals surface area contributed by atoms with Crippen molar-refractivity contribution in [1.29, 1.82) is 0 Å². The summed E-state index contributed by atoms with van der Waals surface area (Å²) in [5, 5.41) is 4.72. The van der Waals surface area contributed by atoms with E-state index < -0.39 is 11.8 Å². The Morgan fingerprint density at radius 3 is 2.43 bits per heavy atom. The molecular formula is C25H23ClN4O5. The van der Waals surface area contributed by atoms with Gasteiger partial charge in [-0.1, -0.05) is 17.7 Å². The van der Waals surface area contributed by atoms with E-state index in [0.29, 0.717) is 57.3 Å². The summed E-state index contributed by atoms with van der Waals surface area (Å²) < 4.78 is 10.9. The fourth-order valence-corrected chi connectivity index (χ4v) is 3.98. The minimum atomic E-state index is -0.603. The Bertz CT molecular complexity index is 1310. The van der Waals surface area contributed by atoms with Gasteiger partial charge in [-0.2, -0.15) is 5.10 Å². The predicted octanol–water partition coefficient (Wildman–Crippen LogP) is 3.80. The third-order valence-electron chi connectivity index (χ3n) is 5.55. The standard InChI is InChI=1S/C25H23ClN4O5/c1-14-21-19(27-28-23(31)15-9-11-18(34-2)12-10-15)7-4-8-20(21)35-22(14)25(33)30-29-24(32)16-5-3-6-17(26)13-16/h3,5-6,9-13H,4,7-8H2,1-2H3,(H,28,31)(H,29,32)(H,30,33)/b27-19+. The second-order valence-electron chi connectivity index (χ2n) is 7.85. The van der Waals surface area contributed by atoms with Gasteiger partial charge < -0.3 is 9.15 Å². The molecule has 0 spiro atoms. The molecule has 9 nitrogen and oxygen atoms in total. The number of benzene rings is 2. The van der Waals surface area contributed by atoms with Crippen LogP contribution < -0.4 is 21.0 Å². The van der Waals surface area contributed by atoms with Crippen molar-refractivity contribution in [3.05, 3.63) is 87.3 Å². The van der Waals surface area contributed by atoms with Crippen LogP contribution in [0, 0.1) is 6.92 Å². The summed E-state index contributed by atoms with van der Waals surface area (Å²) in [5.41, 5.74) is 9.92. The first-order valence-corrected chi connectivity index (χ1v) is 11.2. The lowest BCUT2D eigenvalue weighted by molar-refractivity contribution is 0.0829. The van der Waals surface area contributed by atoms with Crippen LogP contribution in [0.2, 0.25) is 5.02 Å². The van der Waals surface area contributed by atoms with E-state index in [-0.39, 0.29) is 11.7 Å². The van der Waals surface area contributed by atoms with Crippen LogP contribution in [0.25, 0.3) is 0 Å². The highest BCUT2D eigenvalue weighted by Gasteiger charge is 2.28. The maximum Gasteiger partial charge on any atom is 0.305 e. The monoisotopic (exact) mass is 494 g/mol. The normalized spacial score (nSPS) is 13.6. The fourth-order valence-electron chi connectivity index (χ4n) is 3.79. The number of ether oxygens (including phenoxy) is 1. The van der Waals surface area contributed by atoms with Crippen LogP contribution in [0.1, 0.15) is 61.0 Å². The quantitative estimate of drug-likeness (QED) is 0.466. The van der Waals surface area contributed by atoms with E-state index in [9.17, 15) is 14.4 Å². The van der Waals surface area contributed by atoms with Gasteiger partial charge >= 0.3 is 5.91 Å². The van der Waals surface area contributed by atoms with Gasteiger partial charge in [-0.3, -0.25) is 25.2 Å². The van der Waals surface area contributed by atoms with E-state index >= 15 is 0 Å². The van der Waals surface area contributed by atoms with Crippen molar-refractivity contribution in [3.8, 4) is 5.75 Å². The van der Waals surface area contributed by atoms with Crippen LogP contribution >= 0.6 is 11.6 Å². The first-order valence-electron chi connectivity index (χ1n) is 10.9. The maximum absolute atomic E-state index is 12.7. The Labute approximate surface area is 206 Å². The van der Waals surface area contributed by atoms with E-state index in [2.05, 4.69) is 21.4 Å². The Hall–Kier alpha value is -4.11. The first-order chi connectivity index (χ1) is 16.9. The zero-order valence-electron chi connectivity index (χ0n) is 19.1. The topological polar surface area (TPSA) is 122 Å². The van der Waals surface area contributed by atoms with Crippen molar-refractivity contribution in [2.24, 2.45) is 5.10 Å². The van der Waals surface area contributed by atoms with Crippen molar-refractivity contribution in [2.45, 2.75) is 26.2 Å². The molecule has 2 aromatic carbocycles. The number of furan rings is 1. The van der Waals surface area contributed by atoms with Gasteiger partial charge in [0, 0.05) is 33.7 Å². The van der Waals surface area contributed by atoms with Gasteiger partial charge in [0.25, 0.3) is 11.8 Å². The molecule has 180 valence electrons. The number of carbonyl (C=O) groups excluding carboxylic acids is 3. The van der Waals surface area contributed by atoms with E-state index in [0.717, 1.165) is 6.42 Å². The summed E-state index contributed by atoms with van der Waals surface area (Å²) in [4.78, 5) is 37.5. The van der Waals surface area contributed by atoms with Gasteiger partial charge in [0.15, 0.2) is 5.76 Å². The highest BCUT2D eigenvalue weighted by atomic mass is 35.5. The van der Waals surface area contributed by atoms with Crippen LogP contribution in [0.5, 0.6) is 5.75 Å². The molecule has 3 aromatic rings. The Kier molecular flexibility index (Phi) is 7.17. The van der Waals surface area contributed by atoms with Gasteiger partial charge in [-0.15, -0.1) is 0 Å². The van der Waals surface area contributed by atoms with Gasteiger partial charge in [-0.05, 0) is 62.2 Å². The van der Waals surface area contributed by atoms with Crippen LogP contribution in [0.4, 0.5) is 0 Å². The number of amides is 3. The highest BCUT2D eigenvalue weighted by molar-refractivity contribution is 6.31. The molecule has 0 bridgehead atoms. The molecule has 0 saturated carbocycles. The Morgan fingerprint density at radius 1 is 0.971 bits per heavy atom. The lowest BCUT2D eigenvalue weighted by Gasteiger charge is -2.13. The lowest BCUT2D eigenvalue weighted by atomic mass is 9.93. The molecule has 4 rings (SSSR count). The van der Waals surface area contributed by atoms with E-state index in [1.807, 2.05) is 0 Å². The van der Waals surface area contributed by atoms with Gasteiger partial charge in [0.2, 0.25) is 0 Å². The smallest absolute Gasteiger partial charge is 0.305 e. The van der Waals surface area contributed by atoms with Crippen molar-refractivity contribution < 1.29 is 23.5 Å². The van der Waals surface area contributed by atoms with E-state index in [1.54, 1.807) is 56.5 Å². The van der Waals surface area contributed by atoms with Gasteiger partial charge in [-0.25, -0.2) is 5.43 Å². The highest BCUT2D eigenvalue weighted by Crippen LogP contribution is 2.29. The van der Waals surface area contributed by atoms with E-state index in [1.165, 1.54) is 6.07 Å². The number of hydrazine groups is 1. The molecule has 0 unspecified atom stereocenters. The molecule has 35 heavy (non-hydrogen) atoms. The van der Waals surface area contributed by atoms with Gasteiger partial charge in [0.05, 0.1) is 12.8 Å². The zero-order chi connectivity index (χ0) is 24.9. The second kappa shape index (κ2) is 10.4. The minimum absolute atomic E-state index is 0.0671. The molecule has 0 fully saturated rings. The van der Waals surface area contributed by atoms with Crippen LogP contribution in [0.3, 0.4) is 0 Å². The average molecular weight is 495 g/mol. The van der Waals surface area contributed by atoms with Crippen molar-refractivity contribution >= 4 is 35.0 Å². The summed E-state index contributed by atoms with van der Waals surface area (Å²) >= 11 is 5.91. The number of fused-ring (bicyclic) bond motifs is 1. The molecule has 1 aliphatic rings. The average Bonchev–Trinajstić information content (AvgIpc) is 3.22. The number of nitrogens with one attached hydrogen (secondary N) is 3. The summed E-state index contributed by atoms with van der Waals surface area (Å²) in [7, 11) is 1.55. The molecule has 0 radical (unpaired) electrons. The molecule has 10 heteroatoms. The van der Waals surface area contributed by atoms with Crippen LogP contribution in [-0.4, -0.2) is 30.5 Å². The van der Waals surface area contributed by atoms with Crippen molar-refractivity contribution in [2.75, 3.05) is 7.11 Å².